The van der Waals surface area contributed by atoms with Gasteiger partial charge in [0.15, 0.2) is 12.6 Å². The Bertz CT molecular complexity index is 350. The summed E-state index contributed by atoms with van der Waals surface area (Å²) in [7, 11) is -5.53. The third-order valence-corrected chi connectivity index (χ3v) is 2.78. The number of phosphoric acid groups is 1. The minimum atomic E-state index is -5.53. The van der Waals surface area contributed by atoms with Gasteiger partial charge in [-0.1, -0.05) is 0 Å². The zero-order valence-corrected chi connectivity index (χ0v) is 15.6. The minimum Gasteiger partial charge on any atom is -0.790 e. The van der Waals surface area contributed by atoms with Crippen LogP contribution >= 0.6 is 7.82 Å². The third kappa shape index (κ3) is 6.37. The summed E-state index contributed by atoms with van der Waals surface area (Å²) in [5, 5.41) is 37.2. The van der Waals surface area contributed by atoms with Crippen molar-refractivity contribution in [2.75, 3.05) is 0 Å². The van der Waals surface area contributed by atoms with E-state index in [1.165, 1.54) is 0 Å². The van der Waals surface area contributed by atoms with Gasteiger partial charge in [-0.05, 0) is 0 Å². The molecule has 0 aliphatic carbocycles. The summed E-state index contributed by atoms with van der Waals surface area (Å²) in [5.41, 5.74) is 0. The molecule has 6 atom stereocenters. The van der Waals surface area contributed by atoms with Gasteiger partial charge in [0.05, 0.1) is 7.82 Å². The van der Waals surface area contributed by atoms with Gasteiger partial charge in [0.25, 0.3) is 0 Å². The molecule has 1 rings (SSSR count). The van der Waals surface area contributed by atoms with Crippen molar-refractivity contribution in [2.45, 2.75) is 36.8 Å². The van der Waals surface area contributed by atoms with Crippen LogP contribution in [0.25, 0.3) is 0 Å². The van der Waals surface area contributed by atoms with Crippen LogP contribution in [0.4, 0.5) is 0 Å². The number of aldehydes is 1. The Kier molecular flexibility index (Phi) is 11.5. The molecule has 0 bridgehead atoms. The van der Waals surface area contributed by atoms with Gasteiger partial charge in [-0.25, -0.2) is 0 Å². The van der Waals surface area contributed by atoms with Crippen molar-refractivity contribution < 1.29 is 108 Å². The molecule has 0 radical (unpaired) electrons. The molecule has 1 aliphatic rings. The normalized spacial score (nSPS) is 35.4. The molecule has 10 nitrogen and oxygen atoms in total. The molecule has 106 valence electrons. The number of hydrogen-bond acceptors (Lipinski definition) is 10. The number of ether oxygens (including phenoxy) is 1. The van der Waals surface area contributed by atoms with Crippen LogP contribution in [0.5, 0.6) is 0 Å². The standard InChI is InChI=1S/C7H13O10P.2Na/c8-1-2(9)6-4(11)3(10)5(12)7(16-6)17-18(13,14)15;;/h1-7,9-12H,(H2,13,14,15);;/q;2*+1/p-2/t2-,3+,4+,5?,6?,7+;;/m1../s1. The van der Waals surface area contributed by atoms with Gasteiger partial charge in [-0.15, -0.1) is 0 Å². The Morgan fingerprint density at radius 3 is 2.05 bits per heavy atom. The van der Waals surface area contributed by atoms with E-state index < -0.39 is 44.6 Å². The zero-order chi connectivity index (χ0) is 14.1. The van der Waals surface area contributed by atoms with Crippen LogP contribution in [0.3, 0.4) is 0 Å². The largest absolute Gasteiger partial charge is 1.00 e. The van der Waals surface area contributed by atoms with E-state index >= 15 is 0 Å². The van der Waals surface area contributed by atoms with E-state index in [9.17, 15) is 34.5 Å². The molecule has 1 fully saturated rings. The Hall–Kier alpha value is 1.58. The number of hydrogen-bond donors (Lipinski definition) is 4. The minimum absolute atomic E-state index is 0. The number of carbonyl (C=O) groups is 1. The molecule has 1 saturated heterocycles. The third-order valence-electron chi connectivity index (χ3n) is 2.32. The van der Waals surface area contributed by atoms with Gasteiger partial charge in [0, 0.05) is 0 Å². The van der Waals surface area contributed by atoms with Crippen LogP contribution in [0, 0.1) is 0 Å². The van der Waals surface area contributed by atoms with Crippen LogP contribution < -0.4 is 68.9 Å². The van der Waals surface area contributed by atoms with E-state index in [-0.39, 0.29) is 65.4 Å². The van der Waals surface area contributed by atoms with Gasteiger partial charge in [0.2, 0.25) is 0 Å². The van der Waals surface area contributed by atoms with E-state index in [0.29, 0.717) is 0 Å². The van der Waals surface area contributed by atoms with E-state index in [0.717, 1.165) is 0 Å². The zero-order valence-electron chi connectivity index (χ0n) is 10.7. The molecule has 20 heavy (non-hydrogen) atoms. The van der Waals surface area contributed by atoms with Crippen LogP contribution in [-0.4, -0.2) is 63.5 Å². The Balaban J connectivity index is 0. The first kappa shape index (κ1) is 23.8. The quantitative estimate of drug-likeness (QED) is 0.219. The number of phosphoric ester groups is 1. The summed E-state index contributed by atoms with van der Waals surface area (Å²) in [6, 6.07) is 0. The fraction of sp³-hybridized carbons (Fsp3) is 0.857. The molecule has 0 aromatic heterocycles. The molecule has 0 aromatic carbocycles. The molecule has 1 heterocycles. The van der Waals surface area contributed by atoms with Crippen LogP contribution in [-0.2, 0) is 18.6 Å². The maximum atomic E-state index is 10.4. The van der Waals surface area contributed by atoms with Crippen LogP contribution in [0.1, 0.15) is 0 Å². The van der Waals surface area contributed by atoms with Crippen molar-refractivity contribution in [3.8, 4) is 0 Å². The van der Waals surface area contributed by atoms with Crippen molar-refractivity contribution >= 4 is 14.1 Å². The predicted molar refractivity (Wildman–Crippen MR) is 47.4 cm³/mol. The Morgan fingerprint density at radius 2 is 1.65 bits per heavy atom. The molecule has 0 spiro atoms. The summed E-state index contributed by atoms with van der Waals surface area (Å²) in [6.07, 6.45) is -11.7. The summed E-state index contributed by atoms with van der Waals surface area (Å²) in [6.45, 7) is 0. The second-order valence-corrected chi connectivity index (χ2v) is 4.73. The van der Waals surface area contributed by atoms with Gasteiger partial charge in [0.1, 0.15) is 30.5 Å². The second kappa shape index (κ2) is 9.66. The Labute approximate surface area is 157 Å². The summed E-state index contributed by atoms with van der Waals surface area (Å²) < 4.78 is 18.7. The van der Waals surface area contributed by atoms with Crippen LogP contribution in [0.15, 0.2) is 0 Å². The first-order valence-electron chi connectivity index (χ1n) is 4.71. The smallest absolute Gasteiger partial charge is 0.790 e. The molecule has 0 aromatic rings. The van der Waals surface area contributed by atoms with Crippen molar-refractivity contribution in [3.63, 3.8) is 0 Å². The average molecular weight is 332 g/mol. The van der Waals surface area contributed by atoms with Gasteiger partial charge in [-0.2, -0.15) is 0 Å². The van der Waals surface area contributed by atoms with E-state index in [1.807, 2.05) is 0 Å². The summed E-state index contributed by atoms with van der Waals surface area (Å²) in [5.74, 6) is 0. The van der Waals surface area contributed by atoms with Gasteiger partial charge in [-0.3, -0.25) is 0 Å². The van der Waals surface area contributed by atoms with Crippen molar-refractivity contribution in [2.24, 2.45) is 0 Å². The molecule has 4 N–H and O–H groups in total. The molecule has 2 unspecified atom stereocenters. The Morgan fingerprint density at radius 1 is 1.15 bits per heavy atom. The maximum Gasteiger partial charge on any atom is 1.00 e. The molecule has 0 amide bonds. The number of aliphatic hydroxyl groups excluding tert-OH is 4. The number of rotatable bonds is 4. The summed E-state index contributed by atoms with van der Waals surface area (Å²) >= 11 is 0. The SMILES string of the molecule is O=C[C@@H](O)C1O[C@@H](OP(=O)([O-])[O-])C(O)[C@@H](O)[C@@H]1O.[Na+].[Na+]. The van der Waals surface area contributed by atoms with E-state index in [1.54, 1.807) is 0 Å². The van der Waals surface area contributed by atoms with Crippen molar-refractivity contribution in [1.82, 2.24) is 0 Å². The fourth-order valence-corrected chi connectivity index (χ4v) is 1.88. The summed E-state index contributed by atoms with van der Waals surface area (Å²) in [4.78, 5) is 31.0. The van der Waals surface area contributed by atoms with Crippen molar-refractivity contribution in [1.29, 1.82) is 0 Å². The first-order valence-corrected chi connectivity index (χ1v) is 6.17. The fourth-order valence-electron chi connectivity index (χ4n) is 1.45. The molecular formula is C7H11Na2O10P. The molecular weight excluding hydrogens is 321 g/mol. The van der Waals surface area contributed by atoms with E-state index in [4.69, 9.17) is 5.11 Å². The molecule has 1 aliphatic heterocycles. The maximum absolute atomic E-state index is 10.4. The monoisotopic (exact) mass is 332 g/mol. The average Bonchev–Trinajstić information content (AvgIpc) is 2.27. The second-order valence-electron chi connectivity index (χ2n) is 3.62. The van der Waals surface area contributed by atoms with Gasteiger partial charge >= 0.3 is 59.1 Å². The van der Waals surface area contributed by atoms with Gasteiger partial charge < -0.3 is 48.8 Å². The molecule has 13 heteroatoms. The number of carbonyl (C=O) groups excluding carboxylic acids is 1. The van der Waals surface area contributed by atoms with E-state index in [2.05, 4.69) is 9.26 Å². The van der Waals surface area contributed by atoms with Crippen LogP contribution in [0.2, 0.25) is 0 Å². The number of aliphatic hydroxyl groups is 4. The predicted octanol–water partition coefficient (Wildman–Crippen LogP) is -10.8. The van der Waals surface area contributed by atoms with Crippen molar-refractivity contribution in [3.05, 3.63) is 0 Å². The molecule has 0 saturated carbocycles. The topological polar surface area (TPSA) is 180 Å². The first-order chi connectivity index (χ1) is 8.17.